The van der Waals surface area contributed by atoms with Crippen LogP contribution >= 0.6 is 0 Å². The number of hydrogen-bond donors (Lipinski definition) is 1. The smallest absolute Gasteiger partial charge is 0.142 e. The van der Waals surface area contributed by atoms with E-state index in [4.69, 9.17) is 0 Å². The van der Waals surface area contributed by atoms with E-state index in [2.05, 4.69) is 16.5 Å². The maximum absolute atomic E-state index is 11.3. The average molecular weight is 256 g/mol. The molecule has 2 aliphatic rings. The molecule has 0 saturated heterocycles. The van der Waals surface area contributed by atoms with Crippen LogP contribution in [0.5, 0.6) is 0 Å². The van der Waals surface area contributed by atoms with Gasteiger partial charge < -0.3 is 5.32 Å². The van der Waals surface area contributed by atoms with Crippen LogP contribution in [-0.2, 0) is 11.3 Å². The molecule has 1 aromatic heterocycles. The van der Waals surface area contributed by atoms with Crippen LogP contribution in [0.1, 0.15) is 43.0 Å². The molecule has 1 aliphatic carbocycles. The molecule has 5 heteroatoms. The normalized spacial score (nSPS) is 20.5. The summed E-state index contributed by atoms with van der Waals surface area (Å²) in [4.78, 5) is 11.3. The fraction of sp³-hybridized carbons (Fsp3) is 0.500. The molecular weight excluding hydrogens is 240 g/mol. The van der Waals surface area contributed by atoms with Crippen molar-refractivity contribution < 1.29 is 4.79 Å². The number of aromatic nitrogens is 2. The van der Waals surface area contributed by atoms with E-state index >= 15 is 0 Å². The number of hydrogen-bond acceptors (Lipinski definition) is 4. The number of Topliss-reactive ketones (excluding diaryl/α,β-unsaturated/α-hetero) is 1. The van der Waals surface area contributed by atoms with Gasteiger partial charge in [-0.15, -0.1) is 0 Å². The molecule has 0 bridgehead atoms. The van der Waals surface area contributed by atoms with Gasteiger partial charge in [-0.1, -0.05) is 0 Å². The highest BCUT2D eigenvalue weighted by Gasteiger charge is 2.30. The van der Waals surface area contributed by atoms with E-state index in [1.54, 1.807) is 0 Å². The van der Waals surface area contributed by atoms with Crippen molar-refractivity contribution in [2.24, 2.45) is 5.92 Å². The molecule has 1 saturated carbocycles. The summed E-state index contributed by atoms with van der Waals surface area (Å²) in [7, 11) is 0. The van der Waals surface area contributed by atoms with Crippen molar-refractivity contribution in [1.29, 1.82) is 5.26 Å². The molecule has 1 unspecified atom stereocenters. The average Bonchev–Trinajstić information content (AvgIpc) is 2.86. The molecule has 1 fully saturated rings. The zero-order chi connectivity index (χ0) is 13.2. The van der Waals surface area contributed by atoms with Gasteiger partial charge in [0.15, 0.2) is 0 Å². The number of carbonyl (C=O) groups is 1. The summed E-state index contributed by atoms with van der Waals surface area (Å²) in [6.07, 6.45) is 8.47. The second-order valence-corrected chi connectivity index (χ2v) is 5.16. The fourth-order valence-corrected chi connectivity index (χ4v) is 2.89. The third-order valence-electron chi connectivity index (χ3n) is 4.00. The lowest BCUT2D eigenvalue weighted by Gasteiger charge is -2.26. The molecule has 0 spiro atoms. The van der Waals surface area contributed by atoms with Gasteiger partial charge in [-0.3, -0.25) is 4.79 Å². The highest BCUT2D eigenvalue weighted by atomic mass is 16.1. The number of rotatable bonds is 2. The molecule has 1 aliphatic heterocycles. The van der Waals surface area contributed by atoms with Crippen molar-refractivity contribution in [3.05, 3.63) is 23.7 Å². The van der Waals surface area contributed by atoms with E-state index in [9.17, 15) is 10.1 Å². The quantitative estimate of drug-likeness (QED) is 0.875. The van der Waals surface area contributed by atoms with Crippen LogP contribution in [0.2, 0.25) is 0 Å². The lowest BCUT2D eigenvalue weighted by molar-refractivity contribution is -0.121. The number of ketones is 1. The third-order valence-corrected chi connectivity index (χ3v) is 4.00. The van der Waals surface area contributed by atoms with Crippen LogP contribution in [-0.4, -0.2) is 15.6 Å². The predicted octanol–water partition coefficient (Wildman–Crippen LogP) is 1.78. The van der Waals surface area contributed by atoms with Gasteiger partial charge in [0.1, 0.15) is 11.8 Å². The van der Waals surface area contributed by atoms with E-state index < -0.39 is 0 Å². The lowest BCUT2D eigenvalue weighted by Crippen LogP contribution is -2.25. The second kappa shape index (κ2) is 4.88. The zero-order valence-electron chi connectivity index (χ0n) is 10.7. The SMILES string of the molecule is N#CC(C1CCC(=O)CC1)n1ncc2c1C=CNC2. The van der Waals surface area contributed by atoms with Crippen molar-refractivity contribution in [1.82, 2.24) is 15.1 Å². The minimum atomic E-state index is -0.264. The lowest BCUT2D eigenvalue weighted by atomic mass is 9.83. The van der Waals surface area contributed by atoms with E-state index in [0.717, 1.165) is 30.6 Å². The number of nitrogens with one attached hydrogen (secondary N) is 1. The largest absolute Gasteiger partial charge is 0.387 e. The number of carbonyl (C=O) groups excluding carboxylic acids is 1. The van der Waals surface area contributed by atoms with Crippen LogP contribution in [0.3, 0.4) is 0 Å². The van der Waals surface area contributed by atoms with Crippen LogP contribution in [0, 0.1) is 17.2 Å². The Hall–Kier alpha value is -2.09. The number of nitriles is 1. The summed E-state index contributed by atoms with van der Waals surface area (Å²) in [5, 5.41) is 17.0. The first-order valence-corrected chi connectivity index (χ1v) is 6.67. The first-order chi connectivity index (χ1) is 9.29. The molecule has 5 nitrogen and oxygen atoms in total. The fourth-order valence-electron chi connectivity index (χ4n) is 2.89. The Morgan fingerprint density at radius 3 is 3.00 bits per heavy atom. The Kier molecular flexibility index (Phi) is 3.08. The highest BCUT2D eigenvalue weighted by Crippen LogP contribution is 2.32. The third kappa shape index (κ3) is 2.14. The van der Waals surface area contributed by atoms with Crippen LogP contribution < -0.4 is 5.32 Å². The summed E-state index contributed by atoms with van der Waals surface area (Å²) >= 11 is 0. The van der Waals surface area contributed by atoms with Crippen molar-refractivity contribution in [2.75, 3.05) is 0 Å². The second-order valence-electron chi connectivity index (χ2n) is 5.16. The van der Waals surface area contributed by atoms with Crippen LogP contribution in [0.25, 0.3) is 6.08 Å². The standard InChI is InChI=1S/C14H16N4O/c15-7-14(10-1-3-12(19)4-2-10)18-13-5-6-16-8-11(13)9-17-18/h5-6,9-10,14,16H,1-4,8H2. The van der Waals surface area contributed by atoms with E-state index in [-0.39, 0.29) is 12.0 Å². The van der Waals surface area contributed by atoms with Crippen molar-refractivity contribution in [3.8, 4) is 6.07 Å². The van der Waals surface area contributed by atoms with Crippen molar-refractivity contribution >= 4 is 11.9 Å². The number of nitrogens with zero attached hydrogens (tertiary/aromatic N) is 3. The van der Waals surface area contributed by atoms with Crippen molar-refractivity contribution in [2.45, 2.75) is 38.3 Å². The molecule has 19 heavy (non-hydrogen) atoms. The molecule has 1 atom stereocenters. The molecule has 1 N–H and O–H groups in total. The summed E-state index contributed by atoms with van der Waals surface area (Å²) in [5.74, 6) is 0.550. The van der Waals surface area contributed by atoms with Gasteiger partial charge in [0.05, 0.1) is 18.0 Å². The summed E-state index contributed by atoms with van der Waals surface area (Å²) in [6.45, 7) is 0.757. The first-order valence-electron chi connectivity index (χ1n) is 6.67. The topological polar surface area (TPSA) is 70.7 Å². The molecule has 2 heterocycles. The monoisotopic (exact) mass is 256 g/mol. The molecular formula is C14H16N4O. The highest BCUT2D eigenvalue weighted by molar-refractivity contribution is 5.79. The van der Waals surface area contributed by atoms with E-state index in [1.807, 2.05) is 23.2 Å². The van der Waals surface area contributed by atoms with Crippen molar-refractivity contribution in [3.63, 3.8) is 0 Å². The molecule has 3 rings (SSSR count). The van der Waals surface area contributed by atoms with Gasteiger partial charge in [-0.05, 0) is 31.0 Å². The minimum Gasteiger partial charge on any atom is -0.387 e. The van der Waals surface area contributed by atoms with Gasteiger partial charge in [0.2, 0.25) is 0 Å². The molecule has 0 radical (unpaired) electrons. The zero-order valence-corrected chi connectivity index (χ0v) is 10.7. The Morgan fingerprint density at radius 2 is 2.26 bits per heavy atom. The van der Waals surface area contributed by atoms with Gasteiger partial charge in [0, 0.05) is 24.9 Å². The molecule has 0 aromatic carbocycles. The van der Waals surface area contributed by atoms with Crippen LogP contribution in [0.4, 0.5) is 0 Å². The van der Waals surface area contributed by atoms with Gasteiger partial charge >= 0.3 is 0 Å². The minimum absolute atomic E-state index is 0.231. The summed E-state index contributed by atoms with van der Waals surface area (Å²) in [6, 6.07) is 2.11. The summed E-state index contributed by atoms with van der Waals surface area (Å²) in [5.41, 5.74) is 2.14. The molecule has 1 aromatic rings. The molecule has 0 amide bonds. The first kappa shape index (κ1) is 12.0. The Balaban J connectivity index is 1.87. The maximum Gasteiger partial charge on any atom is 0.142 e. The Bertz CT molecular complexity index is 556. The van der Waals surface area contributed by atoms with Crippen LogP contribution in [0.15, 0.2) is 12.4 Å². The Labute approximate surface area is 111 Å². The van der Waals surface area contributed by atoms with E-state index in [1.165, 1.54) is 0 Å². The number of fused-ring (bicyclic) bond motifs is 1. The van der Waals surface area contributed by atoms with Gasteiger partial charge in [-0.2, -0.15) is 10.4 Å². The summed E-state index contributed by atoms with van der Waals surface area (Å²) < 4.78 is 1.83. The van der Waals surface area contributed by atoms with E-state index in [0.29, 0.717) is 18.6 Å². The van der Waals surface area contributed by atoms with Gasteiger partial charge in [-0.25, -0.2) is 4.68 Å². The van der Waals surface area contributed by atoms with Gasteiger partial charge in [0.25, 0.3) is 0 Å². The molecule has 98 valence electrons. The predicted molar refractivity (Wildman–Crippen MR) is 69.7 cm³/mol. The Morgan fingerprint density at radius 1 is 1.47 bits per heavy atom. The maximum atomic E-state index is 11.3.